The van der Waals surface area contributed by atoms with Gasteiger partial charge in [-0.25, -0.2) is 0 Å². The van der Waals surface area contributed by atoms with Gasteiger partial charge >= 0.3 is 0 Å². The maximum Gasteiger partial charge on any atom is 0.0237 e. The van der Waals surface area contributed by atoms with E-state index in [-0.39, 0.29) is 0 Å². The van der Waals surface area contributed by atoms with Gasteiger partial charge in [-0.05, 0) is 51.6 Å². The van der Waals surface area contributed by atoms with Crippen molar-refractivity contribution in [3.63, 3.8) is 0 Å². The second kappa shape index (κ2) is 5.64. The molecule has 3 rings (SSSR count). The molecule has 19 heavy (non-hydrogen) atoms. The Labute approximate surface area is 117 Å². The molecule has 1 aromatic rings. The van der Waals surface area contributed by atoms with Gasteiger partial charge in [0.1, 0.15) is 0 Å². The maximum absolute atomic E-state index is 3.70. The maximum atomic E-state index is 3.70. The molecule has 1 saturated carbocycles. The Kier molecular flexibility index (Phi) is 3.90. The standard InChI is InChI=1S/C17H26N2/c1-13-8-14(2)10-15(9-13)12-19-7-3-4-17(19)11-18-16-5-6-16/h8-10,16-18H,3-7,11-12H2,1-2H3. The lowest BCUT2D eigenvalue weighted by atomic mass is 10.1. The van der Waals surface area contributed by atoms with E-state index in [0.717, 1.165) is 18.6 Å². The van der Waals surface area contributed by atoms with Crippen LogP contribution in [0.2, 0.25) is 0 Å². The predicted molar refractivity (Wildman–Crippen MR) is 80.4 cm³/mol. The Bertz CT molecular complexity index is 417. The fourth-order valence-corrected chi connectivity index (χ4v) is 3.32. The minimum atomic E-state index is 0.751. The number of nitrogens with one attached hydrogen (secondary N) is 1. The summed E-state index contributed by atoms with van der Waals surface area (Å²) in [6, 6.07) is 8.54. The molecular formula is C17H26N2. The quantitative estimate of drug-likeness (QED) is 0.873. The SMILES string of the molecule is Cc1cc(C)cc(CN2CCCC2CNC2CC2)c1. The Morgan fingerprint density at radius 3 is 2.53 bits per heavy atom. The Hall–Kier alpha value is -0.860. The van der Waals surface area contributed by atoms with Crippen molar-refractivity contribution < 1.29 is 0 Å². The number of hydrogen-bond donors (Lipinski definition) is 1. The zero-order valence-electron chi connectivity index (χ0n) is 12.3. The molecule has 0 bridgehead atoms. The van der Waals surface area contributed by atoms with Crippen LogP contribution in [0.5, 0.6) is 0 Å². The molecule has 1 saturated heterocycles. The van der Waals surface area contributed by atoms with Crippen LogP contribution in [0.4, 0.5) is 0 Å². The molecule has 0 spiro atoms. The van der Waals surface area contributed by atoms with Crippen molar-refractivity contribution in [1.82, 2.24) is 10.2 Å². The summed E-state index contributed by atoms with van der Waals surface area (Å²) in [7, 11) is 0. The minimum Gasteiger partial charge on any atom is -0.312 e. The van der Waals surface area contributed by atoms with E-state index in [9.17, 15) is 0 Å². The molecule has 1 unspecified atom stereocenters. The topological polar surface area (TPSA) is 15.3 Å². The zero-order valence-corrected chi connectivity index (χ0v) is 12.3. The van der Waals surface area contributed by atoms with Gasteiger partial charge < -0.3 is 5.32 Å². The molecule has 1 atom stereocenters. The lowest BCUT2D eigenvalue weighted by Crippen LogP contribution is -2.38. The first kappa shape index (κ1) is 13.1. The van der Waals surface area contributed by atoms with Gasteiger partial charge in [0, 0.05) is 25.2 Å². The van der Waals surface area contributed by atoms with Crippen LogP contribution in [-0.4, -0.2) is 30.1 Å². The summed E-state index contributed by atoms with van der Waals surface area (Å²) in [5.41, 5.74) is 4.26. The van der Waals surface area contributed by atoms with E-state index >= 15 is 0 Å². The van der Waals surface area contributed by atoms with Gasteiger partial charge in [0.15, 0.2) is 0 Å². The summed E-state index contributed by atoms with van der Waals surface area (Å²) in [5.74, 6) is 0. The number of aryl methyl sites for hydroxylation is 2. The highest BCUT2D eigenvalue weighted by molar-refractivity contribution is 5.28. The van der Waals surface area contributed by atoms with Crippen molar-refractivity contribution in [3.8, 4) is 0 Å². The molecule has 0 aromatic heterocycles. The monoisotopic (exact) mass is 258 g/mol. The highest BCUT2D eigenvalue weighted by Crippen LogP contribution is 2.23. The molecule has 1 heterocycles. The average molecular weight is 258 g/mol. The third kappa shape index (κ3) is 3.58. The van der Waals surface area contributed by atoms with Crippen molar-refractivity contribution in [2.24, 2.45) is 0 Å². The molecule has 2 heteroatoms. The van der Waals surface area contributed by atoms with Gasteiger partial charge in [-0.3, -0.25) is 4.90 Å². The van der Waals surface area contributed by atoms with E-state index in [1.54, 1.807) is 0 Å². The average Bonchev–Trinajstić information content (AvgIpc) is 3.07. The van der Waals surface area contributed by atoms with Crippen LogP contribution in [0, 0.1) is 13.8 Å². The number of benzene rings is 1. The molecule has 2 nitrogen and oxygen atoms in total. The number of nitrogens with zero attached hydrogens (tertiary/aromatic N) is 1. The molecular weight excluding hydrogens is 232 g/mol. The molecule has 1 aliphatic carbocycles. The van der Waals surface area contributed by atoms with Gasteiger partial charge in [0.2, 0.25) is 0 Å². The summed E-state index contributed by atoms with van der Waals surface area (Å²) in [5, 5.41) is 3.70. The van der Waals surface area contributed by atoms with Crippen molar-refractivity contribution in [2.45, 2.75) is 58.2 Å². The Morgan fingerprint density at radius 1 is 1.11 bits per heavy atom. The highest BCUT2D eigenvalue weighted by Gasteiger charge is 2.27. The predicted octanol–water partition coefficient (Wildman–Crippen LogP) is 3.02. The van der Waals surface area contributed by atoms with Gasteiger partial charge in [-0.1, -0.05) is 29.3 Å². The summed E-state index contributed by atoms with van der Waals surface area (Å²) in [6.07, 6.45) is 5.51. The molecule has 1 N–H and O–H groups in total. The molecule has 0 amide bonds. The number of likely N-dealkylation sites (tertiary alicyclic amines) is 1. The van der Waals surface area contributed by atoms with Crippen molar-refractivity contribution in [1.29, 1.82) is 0 Å². The highest BCUT2D eigenvalue weighted by atomic mass is 15.2. The van der Waals surface area contributed by atoms with Crippen LogP contribution >= 0.6 is 0 Å². The normalized spacial score (nSPS) is 24.0. The number of hydrogen-bond acceptors (Lipinski definition) is 2. The molecule has 1 aromatic carbocycles. The zero-order chi connectivity index (χ0) is 13.2. The molecule has 2 aliphatic rings. The third-order valence-corrected chi connectivity index (χ3v) is 4.39. The second-order valence-corrected chi connectivity index (χ2v) is 6.45. The van der Waals surface area contributed by atoms with Crippen molar-refractivity contribution in [2.75, 3.05) is 13.1 Å². The summed E-state index contributed by atoms with van der Waals surface area (Å²) < 4.78 is 0. The number of rotatable bonds is 5. The van der Waals surface area contributed by atoms with Gasteiger partial charge in [0.25, 0.3) is 0 Å². The van der Waals surface area contributed by atoms with E-state index in [0.29, 0.717) is 0 Å². The first-order chi connectivity index (χ1) is 9.20. The minimum absolute atomic E-state index is 0.751. The lowest BCUT2D eigenvalue weighted by Gasteiger charge is -2.25. The van der Waals surface area contributed by atoms with Crippen LogP contribution in [0.15, 0.2) is 18.2 Å². The van der Waals surface area contributed by atoms with Gasteiger partial charge in [-0.2, -0.15) is 0 Å². The summed E-state index contributed by atoms with van der Waals surface area (Å²) in [4.78, 5) is 2.67. The first-order valence-corrected chi connectivity index (χ1v) is 7.75. The Balaban J connectivity index is 1.60. The van der Waals surface area contributed by atoms with Gasteiger partial charge in [-0.15, -0.1) is 0 Å². The van der Waals surface area contributed by atoms with Crippen molar-refractivity contribution >= 4 is 0 Å². The van der Waals surface area contributed by atoms with E-state index in [1.165, 1.54) is 55.5 Å². The molecule has 1 aliphatic heterocycles. The van der Waals surface area contributed by atoms with Crippen LogP contribution in [0.1, 0.15) is 42.4 Å². The van der Waals surface area contributed by atoms with Crippen LogP contribution in [0.3, 0.4) is 0 Å². The lowest BCUT2D eigenvalue weighted by molar-refractivity contribution is 0.239. The van der Waals surface area contributed by atoms with Crippen LogP contribution in [0.25, 0.3) is 0 Å². The third-order valence-electron chi connectivity index (χ3n) is 4.39. The van der Waals surface area contributed by atoms with Crippen molar-refractivity contribution in [3.05, 3.63) is 34.9 Å². The Morgan fingerprint density at radius 2 is 1.84 bits per heavy atom. The van der Waals surface area contributed by atoms with Crippen LogP contribution in [-0.2, 0) is 6.54 Å². The summed E-state index contributed by atoms with van der Waals surface area (Å²) in [6.45, 7) is 7.98. The summed E-state index contributed by atoms with van der Waals surface area (Å²) >= 11 is 0. The van der Waals surface area contributed by atoms with E-state index in [4.69, 9.17) is 0 Å². The second-order valence-electron chi connectivity index (χ2n) is 6.45. The largest absolute Gasteiger partial charge is 0.312 e. The smallest absolute Gasteiger partial charge is 0.0237 e. The molecule has 104 valence electrons. The first-order valence-electron chi connectivity index (χ1n) is 7.75. The molecule has 0 radical (unpaired) electrons. The van der Waals surface area contributed by atoms with Gasteiger partial charge in [0.05, 0.1) is 0 Å². The fraction of sp³-hybridized carbons (Fsp3) is 0.647. The fourth-order valence-electron chi connectivity index (χ4n) is 3.32. The van der Waals surface area contributed by atoms with E-state index < -0.39 is 0 Å². The van der Waals surface area contributed by atoms with Crippen LogP contribution < -0.4 is 5.32 Å². The molecule has 2 fully saturated rings. The van der Waals surface area contributed by atoms with E-state index in [1.807, 2.05) is 0 Å². The van der Waals surface area contributed by atoms with E-state index in [2.05, 4.69) is 42.3 Å².